The second kappa shape index (κ2) is 6.86. The molecule has 0 spiro atoms. The molecule has 3 rings (SSSR count). The van der Waals surface area contributed by atoms with E-state index < -0.39 is 11.5 Å². The summed E-state index contributed by atoms with van der Waals surface area (Å²) in [4.78, 5) is 24.8. The molecule has 2 N–H and O–H groups in total. The number of H-pyrrole nitrogens is 1. The molecule has 1 saturated heterocycles. The highest BCUT2D eigenvalue weighted by molar-refractivity contribution is 6.32. The molecular formula is C16H19ClFN5O. The van der Waals surface area contributed by atoms with Gasteiger partial charge in [-0.25, -0.2) is 9.97 Å². The lowest BCUT2D eigenvalue weighted by molar-refractivity contribution is 0.367. The minimum Gasteiger partial charge on any atom is -0.352 e. The summed E-state index contributed by atoms with van der Waals surface area (Å²) in [6.07, 6.45) is 1.33. The third kappa shape index (κ3) is 3.42. The first-order valence-electron chi connectivity index (χ1n) is 7.86. The molecule has 2 aromatic heterocycles. The molecular weight excluding hydrogens is 333 g/mol. The summed E-state index contributed by atoms with van der Waals surface area (Å²) in [5.41, 5.74) is 0.0153. The van der Waals surface area contributed by atoms with Gasteiger partial charge >= 0.3 is 0 Å². The number of nitrogens with one attached hydrogen (secondary N) is 2. The summed E-state index contributed by atoms with van der Waals surface area (Å²) in [5.74, 6) is 0.524. The molecule has 0 bridgehead atoms. The van der Waals surface area contributed by atoms with Gasteiger partial charge in [0.05, 0.1) is 0 Å². The summed E-state index contributed by atoms with van der Waals surface area (Å²) in [6, 6.07) is 3.11. The molecule has 0 radical (unpaired) electrons. The van der Waals surface area contributed by atoms with Crippen molar-refractivity contribution in [2.24, 2.45) is 5.92 Å². The number of anilines is 1. The molecule has 1 aliphatic heterocycles. The Kier molecular flexibility index (Phi) is 4.82. The van der Waals surface area contributed by atoms with Crippen LogP contribution in [-0.4, -0.2) is 40.6 Å². The first-order valence-corrected chi connectivity index (χ1v) is 8.23. The van der Waals surface area contributed by atoms with Crippen LogP contribution in [0.4, 0.5) is 10.2 Å². The summed E-state index contributed by atoms with van der Waals surface area (Å²) in [7, 11) is 0. The molecule has 6 nitrogen and oxygen atoms in total. The third-order valence-electron chi connectivity index (χ3n) is 4.15. The number of hydrogen-bond acceptors (Lipinski definition) is 5. The molecule has 2 aromatic rings. The van der Waals surface area contributed by atoms with Crippen molar-refractivity contribution in [1.29, 1.82) is 0 Å². The third-order valence-corrected chi connectivity index (χ3v) is 4.50. The summed E-state index contributed by atoms with van der Waals surface area (Å²) >= 11 is 6.19. The Morgan fingerprint density at radius 3 is 2.96 bits per heavy atom. The molecule has 3 heterocycles. The number of piperazine rings is 1. The molecule has 1 atom stereocenters. The van der Waals surface area contributed by atoms with E-state index in [-0.39, 0.29) is 16.9 Å². The maximum absolute atomic E-state index is 13.4. The average molecular weight is 352 g/mol. The van der Waals surface area contributed by atoms with Crippen LogP contribution in [-0.2, 0) is 0 Å². The summed E-state index contributed by atoms with van der Waals surface area (Å²) < 4.78 is 13.4. The van der Waals surface area contributed by atoms with E-state index in [1.807, 2.05) is 4.90 Å². The molecule has 1 fully saturated rings. The van der Waals surface area contributed by atoms with Gasteiger partial charge in [0.2, 0.25) is 5.95 Å². The minimum atomic E-state index is -0.631. The topological polar surface area (TPSA) is 73.9 Å². The van der Waals surface area contributed by atoms with E-state index in [0.717, 1.165) is 6.54 Å². The number of pyridine rings is 1. The Balaban J connectivity index is 2.00. The van der Waals surface area contributed by atoms with Crippen molar-refractivity contribution in [1.82, 2.24) is 20.3 Å². The lowest BCUT2D eigenvalue weighted by Gasteiger charge is -2.36. The van der Waals surface area contributed by atoms with Gasteiger partial charge in [-0.1, -0.05) is 25.4 Å². The Bertz CT molecular complexity index is 794. The van der Waals surface area contributed by atoms with Crippen molar-refractivity contribution in [3.05, 3.63) is 39.7 Å². The molecule has 0 saturated carbocycles. The van der Waals surface area contributed by atoms with Crippen LogP contribution in [0.3, 0.4) is 0 Å². The fourth-order valence-electron chi connectivity index (χ4n) is 2.76. The van der Waals surface area contributed by atoms with Crippen LogP contribution in [0.2, 0.25) is 5.02 Å². The molecule has 0 unspecified atom stereocenters. The van der Waals surface area contributed by atoms with E-state index in [0.29, 0.717) is 30.4 Å². The number of aromatic nitrogens is 3. The predicted molar refractivity (Wildman–Crippen MR) is 91.9 cm³/mol. The second-order valence-corrected chi connectivity index (χ2v) is 6.55. The molecule has 8 heteroatoms. The number of hydrogen-bond donors (Lipinski definition) is 2. The van der Waals surface area contributed by atoms with E-state index in [1.165, 1.54) is 12.3 Å². The molecule has 24 heavy (non-hydrogen) atoms. The SMILES string of the molecule is CC(C)[C@@H]1CN(c2nc(-c3ccnc(F)c3)[nH]c(=O)c2Cl)CCN1. The van der Waals surface area contributed by atoms with Crippen molar-refractivity contribution in [3.8, 4) is 11.4 Å². The van der Waals surface area contributed by atoms with Crippen LogP contribution in [0.1, 0.15) is 13.8 Å². The Labute approximate surface area is 144 Å². The maximum atomic E-state index is 13.4. The fraction of sp³-hybridized carbons (Fsp3) is 0.438. The van der Waals surface area contributed by atoms with E-state index >= 15 is 0 Å². The molecule has 128 valence electrons. The minimum absolute atomic E-state index is 0.0534. The zero-order valence-corrected chi connectivity index (χ0v) is 14.3. The van der Waals surface area contributed by atoms with Crippen molar-refractivity contribution in [3.63, 3.8) is 0 Å². The molecule has 0 amide bonds. The van der Waals surface area contributed by atoms with Crippen molar-refractivity contribution < 1.29 is 4.39 Å². The standard InChI is InChI=1S/C16H19ClFN5O/c1-9(2)11-8-23(6-5-19-11)15-13(17)16(24)22-14(21-15)10-3-4-20-12(18)7-10/h3-4,7,9,11,19H,5-6,8H2,1-2H3,(H,21,22,24)/t11-/m0/s1. The highest BCUT2D eigenvalue weighted by atomic mass is 35.5. The van der Waals surface area contributed by atoms with Gasteiger partial charge in [0, 0.05) is 43.5 Å². The number of rotatable bonds is 3. The number of halogens is 2. The Morgan fingerprint density at radius 2 is 2.25 bits per heavy atom. The average Bonchev–Trinajstić information content (AvgIpc) is 2.57. The van der Waals surface area contributed by atoms with Gasteiger partial charge < -0.3 is 15.2 Å². The largest absolute Gasteiger partial charge is 0.352 e. The van der Waals surface area contributed by atoms with E-state index in [9.17, 15) is 9.18 Å². The summed E-state index contributed by atoms with van der Waals surface area (Å²) in [6.45, 7) is 6.47. The smallest absolute Gasteiger partial charge is 0.272 e. The van der Waals surface area contributed by atoms with Crippen molar-refractivity contribution in [2.45, 2.75) is 19.9 Å². The first kappa shape index (κ1) is 16.9. The molecule has 0 aliphatic carbocycles. The highest BCUT2D eigenvalue weighted by Gasteiger charge is 2.25. The van der Waals surface area contributed by atoms with Crippen molar-refractivity contribution in [2.75, 3.05) is 24.5 Å². The van der Waals surface area contributed by atoms with Gasteiger partial charge in [0.1, 0.15) is 10.8 Å². The molecule has 0 aromatic carbocycles. The van der Waals surface area contributed by atoms with E-state index in [4.69, 9.17) is 11.6 Å². The monoisotopic (exact) mass is 351 g/mol. The van der Waals surface area contributed by atoms with Crippen LogP contribution < -0.4 is 15.8 Å². The van der Waals surface area contributed by atoms with Gasteiger partial charge in [-0.05, 0) is 12.0 Å². The van der Waals surface area contributed by atoms with Crippen LogP contribution >= 0.6 is 11.6 Å². The fourth-order valence-corrected chi connectivity index (χ4v) is 2.97. The Hall–Kier alpha value is -1.99. The zero-order valence-electron chi connectivity index (χ0n) is 13.5. The van der Waals surface area contributed by atoms with Gasteiger partial charge in [-0.15, -0.1) is 0 Å². The number of nitrogens with zero attached hydrogens (tertiary/aromatic N) is 3. The van der Waals surface area contributed by atoms with E-state index in [1.54, 1.807) is 6.07 Å². The predicted octanol–water partition coefficient (Wildman–Crippen LogP) is 2.06. The van der Waals surface area contributed by atoms with Crippen LogP contribution in [0.25, 0.3) is 11.4 Å². The lowest BCUT2D eigenvalue weighted by Crippen LogP contribution is -2.53. The van der Waals surface area contributed by atoms with Crippen LogP contribution in [0.15, 0.2) is 23.1 Å². The van der Waals surface area contributed by atoms with Gasteiger partial charge in [-0.2, -0.15) is 4.39 Å². The van der Waals surface area contributed by atoms with Crippen molar-refractivity contribution >= 4 is 17.4 Å². The quantitative estimate of drug-likeness (QED) is 0.828. The Morgan fingerprint density at radius 1 is 1.46 bits per heavy atom. The number of aromatic amines is 1. The first-order chi connectivity index (χ1) is 11.5. The second-order valence-electron chi connectivity index (χ2n) is 6.17. The van der Waals surface area contributed by atoms with Gasteiger partial charge in [0.15, 0.2) is 5.82 Å². The van der Waals surface area contributed by atoms with Crippen LogP contribution in [0.5, 0.6) is 0 Å². The normalized spacial score (nSPS) is 18.2. The van der Waals surface area contributed by atoms with Gasteiger partial charge in [0.25, 0.3) is 5.56 Å². The lowest BCUT2D eigenvalue weighted by atomic mass is 10.0. The molecule has 1 aliphatic rings. The van der Waals surface area contributed by atoms with Gasteiger partial charge in [-0.3, -0.25) is 4.79 Å². The summed E-state index contributed by atoms with van der Waals surface area (Å²) in [5, 5.41) is 3.50. The highest BCUT2D eigenvalue weighted by Crippen LogP contribution is 2.25. The van der Waals surface area contributed by atoms with E-state index in [2.05, 4.69) is 34.1 Å². The zero-order chi connectivity index (χ0) is 17.3. The maximum Gasteiger partial charge on any atom is 0.272 e. The van der Waals surface area contributed by atoms with Crippen LogP contribution in [0, 0.1) is 11.9 Å².